The highest BCUT2D eigenvalue weighted by Gasteiger charge is 2.26. The molecule has 7 nitrogen and oxygen atoms in total. The Kier molecular flexibility index (Phi) is 3.89. The Bertz CT molecular complexity index is 907. The number of fused-ring (bicyclic) bond motifs is 1. The minimum atomic E-state index is -0.118. The molecule has 4 rings (SSSR count). The fourth-order valence-corrected chi connectivity index (χ4v) is 2.82. The molecule has 0 atom stereocenters. The molecule has 25 heavy (non-hydrogen) atoms. The molecule has 0 N–H and O–H groups in total. The van der Waals surface area contributed by atoms with Gasteiger partial charge in [0.2, 0.25) is 5.88 Å². The molecule has 0 aliphatic carbocycles. The van der Waals surface area contributed by atoms with Gasteiger partial charge in [-0.25, -0.2) is 4.98 Å². The number of benzene rings is 1. The molecular formula is C18H17N5O2. The van der Waals surface area contributed by atoms with Crippen LogP contribution in [-0.2, 0) is 13.6 Å². The number of amides is 1. The van der Waals surface area contributed by atoms with E-state index in [4.69, 9.17) is 4.74 Å². The van der Waals surface area contributed by atoms with Crippen LogP contribution in [0.25, 0.3) is 11.5 Å². The molecule has 7 heteroatoms. The first-order valence-electron chi connectivity index (χ1n) is 8.04. The second-order valence-corrected chi connectivity index (χ2v) is 5.81. The van der Waals surface area contributed by atoms with Crippen LogP contribution in [0.15, 0.2) is 48.8 Å². The highest BCUT2D eigenvalue weighted by Crippen LogP contribution is 2.24. The molecular weight excluding hydrogens is 318 g/mol. The maximum atomic E-state index is 12.9. The van der Waals surface area contributed by atoms with E-state index < -0.39 is 0 Å². The molecule has 1 amide bonds. The van der Waals surface area contributed by atoms with E-state index in [0.29, 0.717) is 37.0 Å². The number of ether oxygens (including phenoxy) is 1. The third kappa shape index (κ3) is 2.96. The summed E-state index contributed by atoms with van der Waals surface area (Å²) in [5.74, 6) is 0.697. The first-order valence-corrected chi connectivity index (χ1v) is 8.04. The summed E-state index contributed by atoms with van der Waals surface area (Å²) < 4.78 is 7.40. The van der Waals surface area contributed by atoms with E-state index in [1.165, 1.54) is 6.20 Å². The largest absolute Gasteiger partial charge is 0.475 e. The normalized spacial score (nSPS) is 14.0. The van der Waals surface area contributed by atoms with Crippen molar-refractivity contribution in [2.75, 3.05) is 13.2 Å². The van der Waals surface area contributed by atoms with E-state index in [9.17, 15) is 4.79 Å². The number of hydrogen-bond donors (Lipinski definition) is 0. The summed E-state index contributed by atoms with van der Waals surface area (Å²) in [6, 6.07) is 11.7. The fraction of sp³-hybridized carbons (Fsp3) is 0.222. The molecule has 1 aliphatic rings. The lowest BCUT2D eigenvalue weighted by molar-refractivity contribution is 0.0742. The lowest BCUT2D eigenvalue weighted by atomic mass is 10.2. The van der Waals surface area contributed by atoms with Crippen LogP contribution in [0.5, 0.6) is 5.88 Å². The van der Waals surface area contributed by atoms with Gasteiger partial charge >= 0.3 is 0 Å². The second kappa shape index (κ2) is 6.35. The molecule has 0 bridgehead atoms. The van der Waals surface area contributed by atoms with E-state index in [0.717, 1.165) is 11.3 Å². The topological polar surface area (TPSA) is 73.1 Å². The predicted molar refractivity (Wildman–Crippen MR) is 90.9 cm³/mol. The number of rotatable bonds is 3. The van der Waals surface area contributed by atoms with Gasteiger partial charge in [0.1, 0.15) is 17.9 Å². The van der Waals surface area contributed by atoms with Crippen molar-refractivity contribution >= 4 is 5.91 Å². The van der Waals surface area contributed by atoms with Crippen LogP contribution in [0.1, 0.15) is 15.9 Å². The summed E-state index contributed by atoms with van der Waals surface area (Å²) in [5, 5.41) is 4.12. The summed E-state index contributed by atoms with van der Waals surface area (Å²) in [5.41, 5.74) is 2.23. The summed E-state index contributed by atoms with van der Waals surface area (Å²) in [7, 11) is 1.82. The number of aromatic nitrogens is 4. The van der Waals surface area contributed by atoms with Crippen LogP contribution >= 0.6 is 0 Å². The predicted octanol–water partition coefficient (Wildman–Crippen LogP) is 1.91. The number of hydrogen-bond acceptors (Lipinski definition) is 5. The number of carbonyl (C=O) groups excluding carboxylic acids is 1. The maximum Gasteiger partial charge on any atom is 0.261 e. The van der Waals surface area contributed by atoms with Crippen molar-refractivity contribution in [2.45, 2.75) is 6.54 Å². The Morgan fingerprint density at radius 1 is 1.20 bits per heavy atom. The Morgan fingerprint density at radius 2 is 2.04 bits per heavy atom. The van der Waals surface area contributed by atoms with Crippen molar-refractivity contribution in [3.05, 3.63) is 59.9 Å². The van der Waals surface area contributed by atoms with Gasteiger partial charge in [-0.05, 0) is 11.6 Å². The molecule has 0 saturated heterocycles. The van der Waals surface area contributed by atoms with Crippen molar-refractivity contribution in [3.8, 4) is 17.4 Å². The first-order chi connectivity index (χ1) is 12.2. The summed E-state index contributed by atoms with van der Waals surface area (Å²) in [6.07, 6.45) is 3.22. The van der Waals surface area contributed by atoms with Gasteiger partial charge in [-0.3, -0.25) is 9.48 Å². The second-order valence-electron chi connectivity index (χ2n) is 5.81. The van der Waals surface area contributed by atoms with E-state index in [-0.39, 0.29) is 5.91 Å². The summed E-state index contributed by atoms with van der Waals surface area (Å²) in [6.45, 7) is 1.44. The van der Waals surface area contributed by atoms with Crippen molar-refractivity contribution in [1.82, 2.24) is 24.6 Å². The van der Waals surface area contributed by atoms with Gasteiger partial charge in [0.15, 0.2) is 5.82 Å². The van der Waals surface area contributed by atoms with Crippen LogP contribution in [0.2, 0.25) is 0 Å². The summed E-state index contributed by atoms with van der Waals surface area (Å²) >= 11 is 0. The van der Waals surface area contributed by atoms with Gasteiger partial charge in [0, 0.05) is 26.0 Å². The lowest BCUT2D eigenvalue weighted by Crippen LogP contribution is -2.31. The van der Waals surface area contributed by atoms with Crippen molar-refractivity contribution in [3.63, 3.8) is 0 Å². The highest BCUT2D eigenvalue weighted by molar-refractivity contribution is 5.96. The van der Waals surface area contributed by atoms with Gasteiger partial charge in [-0.15, -0.1) is 0 Å². The highest BCUT2D eigenvalue weighted by atomic mass is 16.5. The van der Waals surface area contributed by atoms with Crippen molar-refractivity contribution in [1.29, 1.82) is 0 Å². The Hall–Kier alpha value is -3.22. The zero-order chi connectivity index (χ0) is 17.2. The third-order valence-electron chi connectivity index (χ3n) is 4.14. The molecule has 0 saturated carbocycles. The Balaban J connectivity index is 1.64. The minimum absolute atomic E-state index is 0.118. The number of nitrogens with zero attached hydrogens (tertiary/aromatic N) is 5. The molecule has 3 heterocycles. The molecule has 0 radical (unpaired) electrons. The first kappa shape index (κ1) is 15.3. The van der Waals surface area contributed by atoms with Gasteiger partial charge in [0.05, 0.1) is 6.54 Å². The van der Waals surface area contributed by atoms with Gasteiger partial charge in [-0.1, -0.05) is 30.3 Å². The molecule has 0 spiro atoms. The standard InChI is InChI=1S/C18H17N5O2/c1-22-15(7-8-20-22)16-19-11-14-17(21-16)25-10-9-23(18(14)24)12-13-5-3-2-4-6-13/h2-8,11H,9-10,12H2,1H3. The molecule has 1 aliphatic heterocycles. The average Bonchev–Trinajstić information content (AvgIpc) is 3.00. The molecule has 126 valence electrons. The van der Waals surface area contributed by atoms with Crippen LogP contribution in [0.4, 0.5) is 0 Å². The van der Waals surface area contributed by atoms with Gasteiger partial charge < -0.3 is 9.64 Å². The van der Waals surface area contributed by atoms with Crippen LogP contribution < -0.4 is 4.74 Å². The van der Waals surface area contributed by atoms with Crippen molar-refractivity contribution < 1.29 is 9.53 Å². The Labute approximate surface area is 144 Å². The molecule has 1 aromatic carbocycles. The smallest absolute Gasteiger partial charge is 0.261 e. The van der Waals surface area contributed by atoms with E-state index >= 15 is 0 Å². The monoisotopic (exact) mass is 335 g/mol. The molecule has 2 aromatic heterocycles. The van der Waals surface area contributed by atoms with E-state index in [2.05, 4.69) is 15.1 Å². The lowest BCUT2D eigenvalue weighted by Gasteiger charge is -2.19. The van der Waals surface area contributed by atoms with Gasteiger partial charge in [0.25, 0.3) is 5.91 Å². The fourth-order valence-electron chi connectivity index (χ4n) is 2.82. The van der Waals surface area contributed by atoms with E-state index in [1.54, 1.807) is 15.8 Å². The molecule has 3 aromatic rings. The van der Waals surface area contributed by atoms with Crippen LogP contribution in [0, 0.1) is 0 Å². The summed E-state index contributed by atoms with van der Waals surface area (Å²) in [4.78, 5) is 23.4. The average molecular weight is 335 g/mol. The zero-order valence-corrected chi connectivity index (χ0v) is 13.8. The zero-order valence-electron chi connectivity index (χ0n) is 13.8. The van der Waals surface area contributed by atoms with E-state index in [1.807, 2.05) is 43.4 Å². The third-order valence-corrected chi connectivity index (χ3v) is 4.14. The number of aryl methyl sites for hydroxylation is 1. The quantitative estimate of drug-likeness (QED) is 0.731. The van der Waals surface area contributed by atoms with Crippen LogP contribution in [0.3, 0.4) is 0 Å². The van der Waals surface area contributed by atoms with Crippen LogP contribution in [-0.4, -0.2) is 43.7 Å². The SMILES string of the molecule is Cn1nccc1-c1ncc2c(n1)OCCN(Cc1ccccc1)C2=O. The maximum absolute atomic E-state index is 12.9. The van der Waals surface area contributed by atoms with Gasteiger partial charge in [-0.2, -0.15) is 10.1 Å². The number of carbonyl (C=O) groups is 1. The van der Waals surface area contributed by atoms with Crippen molar-refractivity contribution in [2.24, 2.45) is 7.05 Å². The molecule has 0 fully saturated rings. The Morgan fingerprint density at radius 3 is 2.80 bits per heavy atom. The minimum Gasteiger partial charge on any atom is -0.475 e. The molecule has 0 unspecified atom stereocenters.